The monoisotopic (exact) mass is 325 g/mol. The van der Waals surface area contributed by atoms with Crippen molar-refractivity contribution in [2.45, 2.75) is 0 Å². The molecule has 1 amide bonds. The second kappa shape index (κ2) is 5.14. The van der Waals surface area contributed by atoms with Crippen LogP contribution in [-0.2, 0) is 7.05 Å². The van der Waals surface area contributed by atoms with Crippen LogP contribution < -0.4 is 5.32 Å². The summed E-state index contributed by atoms with van der Waals surface area (Å²) in [5, 5.41) is 13.1. The molecule has 0 spiro atoms. The SMILES string of the molecule is Cn1cc([N+](=O)[O-])cc1C(=O)Nc1cnc(Br)cn1. The Kier molecular flexibility index (Phi) is 3.56. The van der Waals surface area contributed by atoms with Gasteiger partial charge >= 0.3 is 0 Å². The van der Waals surface area contributed by atoms with E-state index in [1.807, 2.05) is 0 Å². The fraction of sp³-hybridized carbons (Fsp3) is 0.100. The molecule has 2 rings (SSSR count). The summed E-state index contributed by atoms with van der Waals surface area (Å²) < 4.78 is 1.92. The molecule has 0 aliphatic carbocycles. The summed E-state index contributed by atoms with van der Waals surface area (Å²) in [6, 6.07) is 1.20. The lowest BCUT2D eigenvalue weighted by Crippen LogP contribution is -2.16. The smallest absolute Gasteiger partial charge is 0.287 e. The van der Waals surface area contributed by atoms with Crippen LogP contribution in [0.25, 0.3) is 0 Å². The molecule has 0 saturated heterocycles. The van der Waals surface area contributed by atoms with E-state index >= 15 is 0 Å². The van der Waals surface area contributed by atoms with Crippen LogP contribution in [0.4, 0.5) is 11.5 Å². The maximum atomic E-state index is 11.9. The molecule has 98 valence electrons. The van der Waals surface area contributed by atoms with E-state index in [9.17, 15) is 14.9 Å². The van der Waals surface area contributed by atoms with Crippen molar-refractivity contribution in [3.8, 4) is 0 Å². The summed E-state index contributed by atoms with van der Waals surface area (Å²) >= 11 is 3.12. The number of hydrogen-bond acceptors (Lipinski definition) is 5. The van der Waals surface area contributed by atoms with Crippen LogP contribution in [-0.4, -0.2) is 25.4 Å². The third-order valence-electron chi connectivity index (χ3n) is 2.30. The number of hydrogen-bond donors (Lipinski definition) is 1. The lowest BCUT2D eigenvalue weighted by Gasteiger charge is -2.04. The second-order valence-corrected chi connectivity index (χ2v) is 4.44. The van der Waals surface area contributed by atoms with Crippen molar-refractivity contribution < 1.29 is 9.72 Å². The summed E-state index contributed by atoms with van der Waals surface area (Å²) in [7, 11) is 1.55. The first-order valence-corrected chi connectivity index (χ1v) is 5.86. The molecule has 0 aliphatic heterocycles. The van der Waals surface area contributed by atoms with Crippen LogP contribution in [0.5, 0.6) is 0 Å². The molecule has 19 heavy (non-hydrogen) atoms. The van der Waals surface area contributed by atoms with Crippen molar-refractivity contribution in [2.24, 2.45) is 7.05 Å². The summed E-state index contributed by atoms with van der Waals surface area (Å²) in [6.07, 6.45) is 4.07. The minimum atomic E-state index is -0.559. The average Bonchev–Trinajstić information content (AvgIpc) is 2.74. The third-order valence-corrected chi connectivity index (χ3v) is 2.71. The van der Waals surface area contributed by atoms with Crippen LogP contribution in [0, 0.1) is 10.1 Å². The minimum absolute atomic E-state index is 0.144. The third kappa shape index (κ3) is 2.94. The average molecular weight is 326 g/mol. The number of halogens is 1. The predicted octanol–water partition coefficient (Wildman–Crippen LogP) is 1.74. The molecule has 2 aromatic rings. The molecule has 2 aromatic heterocycles. The Labute approximate surface area is 115 Å². The molecule has 0 saturated carbocycles. The van der Waals surface area contributed by atoms with Gasteiger partial charge in [-0.3, -0.25) is 14.9 Å². The van der Waals surface area contributed by atoms with E-state index in [2.05, 4.69) is 31.2 Å². The number of nitrogens with zero attached hydrogens (tertiary/aromatic N) is 4. The zero-order valence-corrected chi connectivity index (χ0v) is 11.3. The molecule has 0 bridgehead atoms. The van der Waals surface area contributed by atoms with Gasteiger partial charge in [0.15, 0.2) is 5.82 Å². The number of aryl methyl sites for hydroxylation is 1. The zero-order chi connectivity index (χ0) is 14.0. The van der Waals surface area contributed by atoms with Gasteiger partial charge in [0.1, 0.15) is 10.3 Å². The lowest BCUT2D eigenvalue weighted by molar-refractivity contribution is -0.384. The molecule has 0 unspecified atom stereocenters. The quantitative estimate of drug-likeness (QED) is 0.683. The molecule has 1 N–H and O–H groups in total. The highest BCUT2D eigenvalue weighted by atomic mass is 79.9. The summed E-state index contributed by atoms with van der Waals surface area (Å²) in [5.74, 6) is -0.232. The maximum Gasteiger partial charge on any atom is 0.287 e. The van der Waals surface area contributed by atoms with Gasteiger partial charge < -0.3 is 9.88 Å². The molecule has 8 nitrogen and oxygen atoms in total. The molecule has 0 aliphatic rings. The van der Waals surface area contributed by atoms with Gasteiger partial charge in [-0.2, -0.15) is 0 Å². The molecule has 9 heteroatoms. The van der Waals surface area contributed by atoms with Crippen LogP contribution in [0.15, 0.2) is 29.3 Å². The van der Waals surface area contributed by atoms with Crippen LogP contribution in [0.1, 0.15) is 10.5 Å². The Morgan fingerprint density at radius 2 is 2.21 bits per heavy atom. The highest BCUT2D eigenvalue weighted by Crippen LogP contribution is 2.16. The maximum absolute atomic E-state index is 11.9. The number of carbonyl (C=O) groups is 1. The van der Waals surface area contributed by atoms with Crippen LogP contribution >= 0.6 is 15.9 Å². The Bertz CT molecular complexity index is 637. The Morgan fingerprint density at radius 3 is 2.74 bits per heavy atom. The van der Waals surface area contributed by atoms with Crippen molar-refractivity contribution in [2.75, 3.05) is 5.32 Å². The summed E-state index contributed by atoms with van der Waals surface area (Å²) in [4.78, 5) is 29.8. The number of amides is 1. The first kappa shape index (κ1) is 13.1. The second-order valence-electron chi connectivity index (χ2n) is 3.63. The molecular formula is C10H8BrN5O3. The van der Waals surface area contributed by atoms with E-state index in [4.69, 9.17) is 0 Å². The summed E-state index contributed by atoms with van der Waals surface area (Å²) in [6.45, 7) is 0. The van der Waals surface area contributed by atoms with E-state index in [1.165, 1.54) is 29.2 Å². The fourth-order valence-electron chi connectivity index (χ4n) is 1.43. The van der Waals surface area contributed by atoms with E-state index in [0.717, 1.165) is 0 Å². The normalized spacial score (nSPS) is 10.2. The summed E-state index contributed by atoms with van der Waals surface area (Å²) in [5.41, 5.74) is 0.0194. The number of rotatable bonds is 3. The zero-order valence-electron chi connectivity index (χ0n) is 9.70. The highest BCUT2D eigenvalue weighted by molar-refractivity contribution is 9.10. The Balaban J connectivity index is 2.20. The largest absolute Gasteiger partial charge is 0.340 e. The van der Waals surface area contributed by atoms with Crippen molar-refractivity contribution in [1.29, 1.82) is 0 Å². The van der Waals surface area contributed by atoms with Gasteiger partial charge in [0, 0.05) is 13.1 Å². The number of aromatic nitrogens is 3. The molecule has 0 radical (unpaired) electrons. The van der Waals surface area contributed by atoms with Crippen LogP contribution in [0.2, 0.25) is 0 Å². The molecular weight excluding hydrogens is 318 g/mol. The first-order chi connectivity index (χ1) is 8.97. The molecule has 0 atom stereocenters. The van der Waals surface area contributed by atoms with Crippen molar-refractivity contribution in [3.63, 3.8) is 0 Å². The topological polar surface area (TPSA) is 103 Å². The molecule has 2 heterocycles. The molecule has 0 aromatic carbocycles. The fourth-order valence-corrected chi connectivity index (χ4v) is 1.63. The Hall–Kier alpha value is -2.29. The van der Waals surface area contributed by atoms with Crippen molar-refractivity contribution >= 4 is 33.3 Å². The minimum Gasteiger partial charge on any atom is -0.340 e. The van der Waals surface area contributed by atoms with Gasteiger partial charge in [-0.05, 0) is 15.9 Å². The number of nitro groups is 1. The Morgan fingerprint density at radius 1 is 1.47 bits per heavy atom. The molecule has 0 fully saturated rings. The van der Waals surface area contributed by atoms with E-state index in [-0.39, 0.29) is 17.2 Å². The van der Waals surface area contributed by atoms with E-state index in [0.29, 0.717) is 4.60 Å². The lowest BCUT2D eigenvalue weighted by atomic mass is 10.4. The van der Waals surface area contributed by atoms with Crippen LogP contribution in [0.3, 0.4) is 0 Å². The van der Waals surface area contributed by atoms with Gasteiger partial charge in [-0.15, -0.1) is 0 Å². The van der Waals surface area contributed by atoms with Crippen molar-refractivity contribution in [1.82, 2.24) is 14.5 Å². The van der Waals surface area contributed by atoms with Gasteiger partial charge in [0.25, 0.3) is 11.6 Å². The van der Waals surface area contributed by atoms with Gasteiger partial charge in [-0.1, -0.05) is 0 Å². The van der Waals surface area contributed by atoms with Crippen molar-refractivity contribution in [3.05, 3.63) is 45.1 Å². The van der Waals surface area contributed by atoms with Gasteiger partial charge in [-0.25, -0.2) is 9.97 Å². The highest BCUT2D eigenvalue weighted by Gasteiger charge is 2.17. The van der Waals surface area contributed by atoms with Gasteiger partial charge in [0.05, 0.1) is 23.5 Å². The standard InChI is InChI=1S/C10H8BrN5O3/c1-15-5-6(16(18)19)2-7(15)10(17)14-9-4-12-8(11)3-13-9/h2-5H,1H3,(H,13,14,17). The predicted molar refractivity (Wildman–Crippen MR) is 69.8 cm³/mol. The number of anilines is 1. The van der Waals surface area contributed by atoms with E-state index < -0.39 is 10.8 Å². The van der Waals surface area contributed by atoms with Gasteiger partial charge in [0.2, 0.25) is 0 Å². The number of nitrogens with one attached hydrogen (secondary N) is 1. The number of carbonyl (C=O) groups excluding carboxylic acids is 1. The van der Waals surface area contributed by atoms with E-state index in [1.54, 1.807) is 7.05 Å². The first-order valence-electron chi connectivity index (χ1n) is 5.07.